The lowest BCUT2D eigenvalue weighted by molar-refractivity contribution is -0.121. The smallest absolute Gasteiger partial charge is 0.234 e. The molecule has 1 heterocycles. The van der Waals surface area contributed by atoms with Crippen LogP contribution < -0.4 is 11.1 Å². The fourth-order valence-electron chi connectivity index (χ4n) is 1.40. The average molecular weight is 187 g/mol. The Morgan fingerprint density at radius 2 is 2.46 bits per heavy atom. The molecule has 0 aromatic rings. The number of hydrogen-bond donors (Lipinski definition) is 3. The van der Waals surface area contributed by atoms with Gasteiger partial charge in [0.2, 0.25) is 5.91 Å². The molecule has 0 bridgehead atoms. The van der Waals surface area contributed by atoms with Crippen molar-refractivity contribution in [2.24, 2.45) is 5.73 Å². The van der Waals surface area contributed by atoms with E-state index >= 15 is 0 Å². The van der Waals surface area contributed by atoms with Crippen LogP contribution in [0.1, 0.15) is 6.42 Å². The summed E-state index contributed by atoms with van der Waals surface area (Å²) in [7, 11) is 0. The van der Waals surface area contributed by atoms with Crippen LogP contribution in [0.5, 0.6) is 0 Å². The van der Waals surface area contributed by atoms with Crippen LogP contribution in [0.2, 0.25) is 0 Å². The molecule has 1 saturated heterocycles. The molecule has 1 atom stereocenters. The Labute approximate surface area is 77.9 Å². The van der Waals surface area contributed by atoms with Crippen molar-refractivity contribution in [3.8, 4) is 0 Å². The molecule has 1 rings (SSSR count). The summed E-state index contributed by atoms with van der Waals surface area (Å²) in [6.45, 7) is 2.68. The van der Waals surface area contributed by atoms with Crippen LogP contribution in [0.4, 0.5) is 0 Å². The largest absolute Gasteiger partial charge is 0.390 e. The van der Waals surface area contributed by atoms with Crippen molar-refractivity contribution in [1.29, 1.82) is 0 Å². The number of aliphatic hydroxyl groups excluding tert-OH is 1. The summed E-state index contributed by atoms with van der Waals surface area (Å²) in [6, 6.07) is 0. The second-order valence-corrected chi connectivity index (χ2v) is 3.33. The summed E-state index contributed by atoms with van der Waals surface area (Å²) in [5, 5.41) is 12.1. The lowest BCUT2D eigenvalue weighted by atomic mass is 10.3. The molecular formula is C8H17N3O2. The maximum Gasteiger partial charge on any atom is 0.234 e. The van der Waals surface area contributed by atoms with Crippen molar-refractivity contribution in [3.63, 3.8) is 0 Å². The van der Waals surface area contributed by atoms with Gasteiger partial charge >= 0.3 is 0 Å². The van der Waals surface area contributed by atoms with Crippen LogP contribution in [-0.2, 0) is 4.79 Å². The molecule has 4 N–H and O–H groups in total. The molecule has 0 aromatic carbocycles. The molecule has 1 aliphatic rings. The maximum absolute atomic E-state index is 11.1. The predicted molar refractivity (Wildman–Crippen MR) is 49.1 cm³/mol. The van der Waals surface area contributed by atoms with E-state index in [2.05, 4.69) is 5.32 Å². The first kappa shape index (κ1) is 10.4. The number of carbonyl (C=O) groups excluding carboxylic acids is 1. The fourth-order valence-corrected chi connectivity index (χ4v) is 1.40. The summed E-state index contributed by atoms with van der Waals surface area (Å²) in [5.74, 6) is 0.0294. The van der Waals surface area contributed by atoms with E-state index in [-0.39, 0.29) is 12.5 Å². The SMILES string of the molecule is NCC(O)CN1CCCNC(=O)C1. The van der Waals surface area contributed by atoms with Gasteiger partial charge in [-0.15, -0.1) is 0 Å². The minimum Gasteiger partial charge on any atom is -0.390 e. The Hall–Kier alpha value is -0.650. The molecule has 5 nitrogen and oxygen atoms in total. The molecule has 1 fully saturated rings. The molecule has 1 unspecified atom stereocenters. The second kappa shape index (κ2) is 5.16. The molecule has 0 aliphatic carbocycles. The summed E-state index contributed by atoms with van der Waals surface area (Å²) >= 11 is 0. The Morgan fingerprint density at radius 1 is 1.69 bits per heavy atom. The van der Waals surface area contributed by atoms with Crippen molar-refractivity contribution in [2.45, 2.75) is 12.5 Å². The van der Waals surface area contributed by atoms with E-state index in [1.54, 1.807) is 0 Å². The number of nitrogens with one attached hydrogen (secondary N) is 1. The van der Waals surface area contributed by atoms with E-state index in [1.807, 2.05) is 4.90 Å². The van der Waals surface area contributed by atoms with Gasteiger partial charge in [0, 0.05) is 26.2 Å². The quantitative estimate of drug-likeness (QED) is 0.483. The van der Waals surface area contributed by atoms with E-state index in [4.69, 9.17) is 5.73 Å². The van der Waals surface area contributed by atoms with Crippen LogP contribution in [0.25, 0.3) is 0 Å². The van der Waals surface area contributed by atoms with E-state index in [1.165, 1.54) is 0 Å². The second-order valence-electron chi connectivity index (χ2n) is 3.33. The maximum atomic E-state index is 11.1. The first-order valence-corrected chi connectivity index (χ1v) is 4.59. The van der Waals surface area contributed by atoms with Gasteiger partial charge in [-0.25, -0.2) is 0 Å². The number of carbonyl (C=O) groups is 1. The van der Waals surface area contributed by atoms with E-state index in [0.717, 1.165) is 19.5 Å². The number of hydrogen-bond acceptors (Lipinski definition) is 4. The van der Waals surface area contributed by atoms with Gasteiger partial charge in [-0.1, -0.05) is 0 Å². The number of amides is 1. The molecule has 5 heteroatoms. The standard InChI is InChI=1S/C8H17N3O2/c9-4-7(12)5-11-3-1-2-10-8(13)6-11/h7,12H,1-6,9H2,(H,10,13). The Kier molecular flexibility index (Phi) is 4.14. The highest BCUT2D eigenvalue weighted by molar-refractivity contribution is 5.78. The lowest BCUT2D eigenvalue weighted by Gasteiger charge is -2.20. The zero-order valence-corrected chi connectivity index (χ0v) is 7.70. The number of nitrogens with two attached hydrogens (primary N) is 1. The molecule has 0 spiro atoms. The van der Waals surface area contributed by atoms with Gasteiger partial charge in [-0.05, 0) is 6.42 Å². The van der Waals surface area contributed by atoms with Crippen LogP contribution in [0.15, 0.2) is 0 Å². The number of rotatable bonds is 3. The van der Waals surface area contributed by atoms with Gasteiger partial charge in [0.15, 0.2) is 0 Å². The highest BCUT2D eigenvalue weighted by Crippen LogP contribution is 1.97. The Bertz CT molecular complexity index is 175. The van der Waals surface area contributed by atoms with Gasteiger partial charge in [0.25, 0.3) is 0 Å². The molecule has 0 aromatic heterocycles. The zero-order valence-electron chi connectivity index (χ0n) is 7.70. The van der Waals surface area contributed by atoms with Gasteiger partial charge in [-0.3, -0.25) is 9.69 Å². The first-order valence-electron chi connectivity index (χ1n) is 4.59. The van der Waals surface area contributed by atoms with Crippen molar-refractivity contribution in [1.82, 2.24) is 10.2 Å². The Morgan fingerprint density at radius 3 is 3.15 bits per heavy atom. The van der Waals surface area contributed by atoms with Crippen molar-refractivity contribution < 1.29 is 9.90 Å². The summed E-state index contributed by atoms with van der Waals surface area (Å²) in [6.07, 6.45) is 0.411. The highest BCUT2D eigenvalue weighted by Gasteiger charge is 2.16. The minimum absolute atomic E-state index is 0.0294. The summed E-state index contributed by atoms with van der Waals surface area (Å²) in [5.41, 5.74) is 5.29. The molecule has 13 heavy (non-hydrogen) atoms. The molecule has 1 aliphatic heterocycles. The highest BCUT2D eigenvalue weighted by atomic mass is 16.3. The van der Waals surface area contributed by atoms with Gasteiger partial charge in [-0.2, -0.15) is 0 Å². The third-order valence-corrected chi connectivity index (χ3v) is 2.08. The van der Waals surface area contributed by atoms with Gasteiger partial charge in [0.05, 0.1) is 12.6 Å². The van der Waals surface area contributed by atoms with Crippen molar-refractivity contribution >= 4 is 5.91 Å². The summed E-state index contributed by atoms with van der Waals surface area (Å²) < 4.78 is 0. The van der Waals surface area contributed by atoms with Crippen LogP contribution in [0.3, 0.4) is 0 Å². The monoisotopic (exact) mass is 187 g/mol. The molecular weight excluding hydrogens is 170 g/mol. The van der Waals surface area contributed by atoms with Crippen LogP contribution >= 0.6 is 0 Å². The van der Waals surface area contributed by atoms with Crippen LogP contribution in [-0.4, -0.2) is 54.7 Å². The zero-order chi connectivity index (χ0) is 9.68. The van der Waals surface area contributed by atoms with Crippen molar-refractivity contribution in [3.05, 3.63) is 0 Å². The normalized spacial score (nSPS) is 22.2. The van der Waals surface area contributed by atoms with E-state index < -0.39 is 6.10 Å². The number of aliphatic hydroxyl groups is 1. The molecule has 0 radical (unpaired) electrons. The third-order valence-electron chi connectivity index (χ3n) is 2.08. The molecule has 76 valence electrons. The predicted octanol–water partition coefficient (Wildman–Crippen LogP) is -1.87. The minimum atomic E-state index is -0.522. The fraction of sp³-hybridized carbons (Fsp3) is 0.875. The first-order chi connectivity index (χ1) is 6.22. The van der Waals surface area contributed by atoms with Gasteiger partial charge in [0.1, 0.15) is 0 Å². The van der Waals surface area contributed by atoms with E-state index in [9.17, 15) is 9.90 Å². The van der Waals surface area contributed by atoms with E-state index in [0.29, 0.717) is 13.1 Å². The molecule has 0 saturated carbocycles. The topological polar surface area (TPSA) is 78.6 Å². The third kappa shape index (κ3) is 3.71. The average Bonchev–Trinajstić information content (AvgIpc) is 2.30. The summed E-state index contributed by atoms with van der Waals surface area (Å²) in [4.78, 5) is 13.0. The Balaban J connectivity index is 2.34. The van der Waals surface area contributed by atoms with Gasteiger partial charge < -0.3 is 16.2 Å². The van der Waals surface area contributed by atoms with Crippen molar-refractivity contribution in [2.75, 3.05) is 32.7 Å². The molecule has 1 amide bonds. The lowest BCUT2D eigenvalue weighted by Crippen LogP contribution is -2.40. The number of β-amino-alcohol motifs (C(OH)–C–C–N with tert-alkyl or cyclic N) is 1. The van der Waals surface area contributed by atoms with Crippen LogP contribution in [0, 0.1) is 0 Å². The number of nitrogens with zero attached hydrogens (tertiary/aromatic N) is 1.